The fourth-order valence-electron chi connectivity index (χ4n) is 2.37. The van der Waals surface area contributed by atoms with Crippen LogP contribution in [-0.2, 0) is 24.5 Å². The van der Waals surface area contributed by atoms with Gasteiger partial charge >= 0.3 is 6.18 Å². The van der Waals surface area contributed by atoms with Gasteiger partial charge in [0, 0.05) is 18.8 Å². The van der Waals surface area contributed by atoms with E-state index in [0.29, 0.717) is 14.2 Å². The molecule has 144 valence electrons. The molecule has 5 nitrogen and oxygen atoms in total. The molecule has 26 heavy (non-hydrogen) atoms. The lowest BCUT2D eigenvalue weighted by molar-refractivity contribution is -0.143. The van der Waals surface area contributed by atoms with Gasteiger partial charge in [0.1, 0.15) is 4.34 Å². The van der Waals surface area contributed by atoms with Crippen molar-refractivity contribution < 1.29 is 22.8 Å². The van der Waals surface area contributed by atoms with Crippen molar-refractivity contribution in [2.45, 2.75) is 25.6 Å². The van der Waals surface area contributed by atoms with Gasteiger partial charge in [-0.3, -0.25) is 14.3 Å². The first-order valence-corrected chi connectivity index (χ1v) is 9.03. The van der Waals surface area contributed by atoms with Gasteiger partial charge in [-0.25, -0.2) is 5.06 Å². The number of carbonyl (C=O) groups excluding carboxylic acids is 1. The molecule has 0 fully saturated rings. The number of amides is 1. The lowest BCUT2D eigenvalue weighted by Gasteiger charge is -2.26. The summed E-state index contributed by atoms with van der Waals surface area (Å²) < 4.78 is 40.9. The van der Waals surface area contributed by atoms with E-state index in [9.17, 15) is 18.0 Å². The molecule has 12 heteroatoms. The second-order valence-corrected chi connectivity index (χ2v) is 7.97. The van der Waals surface area contributed by atoms with Gasteiger partial charge in [-0.15, -0.1) is 11.3 Å². The first-order valence-electron chi connectivity index (χ1n) is 7.08. The topological polar surface area (TPSA) is 47.4 Å². The quantitative estimate of drug-likeness (QED) is 0.596. The fraction of sp³-hybridized carbons (Fsp3) is 0.429. The summed E-state index contributed by atoms with van der Waals surface area (Å²) in [4.78, 5) is 17.6. The molecule has 0 aliphatic rings. The van der Waals surface area contributed by atoms with Crippen molar-refractivity contribution in [3.8, 4) is 0 Å². The molecule has 0 spiro atoms. The van der Waals surface area contributed by atoms with Crippen LogP contribution in [-0.4, -0.2) is 33.9 Å². The summed E-state index contributed by atoms with van der Waals surface area (Å²) in [5, 5.41) is 4.39. The van der Waals surface area contributed by atoms with Gasteiger partial charge in [0.05, 0.1) is 28.1 Å². The molecular weight excluding hydrogens is 438 g/mol. The number of nitrogens with zero attached hydrogens (tertiary/aromatic N) is 3. The van der Waals surface area contributed by atoms with Gasteiger partial charge in [-0.2, -0.15) is 18.3 Å². The van der Waals surface area contributed by atoms with Gasteiger partial charge in [0.25, 0.3) is 5.91 Å². The van der Waals surface area contributed by atoms with E-state index in [1.54, 1.807) is 6.92 Å². The molecular formula is C14H13Cl3F3N3O2S. The summed E-state index contributed by atoms with van der Waals surface area (Å²) in [7, 11) is 2.47. The number of halogens is 6. The van der Waals surface area contributed by atoms with Crippen molar-refractivity contribution >= 4 is 52.0 Å². The third kappa shape index (κ3) is 4.28. The monoisotopic (exact) mass is 449 g/mol. The predicted molar refractivity (Wildman–Crippen MR) is 93.9 cm³/mol. The van der Waals surface area contributed by atoms with Crippen LogP contribution in [0, 0.1) is 0 Å². The van der Waals surface area contributed by atoms with Gasteiger partial charge in [0.15, 0.2) is 5.69 Å². The SMILES string of the molecule is CON(C(=O)c1cn(C)nc1C(F)(F)F)C(C)Cc1c(Cl)sc(Cl)c1Cl. The number of hydrogen-bond acceptors (Lipinski definition) is 4. The van der Waals surface area contributed by atoms with E-state index < -0.39 is 29.4 Å². The summed E-state index contributed by atoms with van der Waals surface area (Å²) in [6.45, 7) is 1.59. The van der Waals surface area contributed by atoms with Gasteiger partial charge in [-0.05, 0) is 13.3 Å². The summed E-state index contributed by atoms with van der Waals surface area (Å²) in [6, 6.07) is -0.672. The molecule has 1 amide bonds. The minimum absolute atomic E-state index is 0.141. The Morgan fingerprint density at radius 3 is 2.46 bits per heavy atom. The van der Waals surface area contributed by atoms with Crippen LogP contribution >= 0.6 is 46.1 Å². The Bertz CT molecular complexity index is 822. The maximum atomic E-state index is 13.1. The Morgan fingerprint density at radius 2 is 2.00 bits per heavy atom. The second kappa shape index (κ2) is 7.93. The van der Waals surface area contributed by atoms with Gasteiger partial charge < -0.3 is 0 Å². The van der Waals surface area contributed by atoms with Crippen molar-refractivity contribution in [1.29, 1.82) is 0 Å². The van der Waals surface area contributed by atoms with Crippen molar-refractivity contribution in [1.82, 2.24) is 14.8 Å². The fourth-order valence-corrected chi connectivity index (χ4v) is 4.31. The van der Waals surface area contributed by atoms with E-state index in [2.05, 4.69) is 5.10 Å². The lowest BCUT2D eigenvalue weighted by atomic mass is 10.1. The van der Waals surface area contributed by atoms with Crippen molar-refractivity contribution in [3.05, 3.63) is 36.7 Å². The Hall–Kier alpha value is -1.00. The van der Waals surface area contributed by atoms with Crippen LogP contribution < -0.4 is 0 Å². The standard InChI is InChI=1S/C14H13Cl3F3N3O2S/c1-6(4-7-9(15)12(17)26-11(7)16)23(25-3)13(24)8-5-22(2)21-10(8)14(18,19)20/h5-6H,4H2,1-3H3. The van der Waals surface area contributed by atoms with E-state index in [1.165, 1.54) is 14.2 Å². The summed E-state index contributed by atoms with van der Waals surface area (Å²) in [5.41, 5.74) is -1.41. The third-order valence-corrected chi connectivity index (χ3v) is 5.79. The zero-order chi connectivity index (χ0) is 19.8. The van der Waals surface area contributed by atoms with E-state index in [0.717, 1.165) is 27.3 Å². The highest BCUT2D eigenvalue weighted by molar-refractivity contribution is 7.20. The van der Waals surface area contributed by atoms with Crippen LogP contribution in [0.1, 0.15) is 28.5 Å². The van der Waals surface area contributed by atoms with Crippen LogP contribution in [0.15, 0.2) is 6.20 Å². The van der Waals surface area contributed by atoms with Gasteiger partial charge in [-0.1, -0.05) is 34.8 Å². The number of aryl methyl sites for hydroxylation is 1. The summed E-state index contributed by atoms with van der Waals surface area (Å²) in [5.74, 6) is -0.978. The largest absolute Gasteiger partial charge is 0.435 e. The van der Waals surface area contributed by atoms with E-state index >= 15 is 0 Å². The molecule has 0 saturated carbocycles. The Kier molecular flexibility index (Phi) is 6.50. The van der Waals surface area contributed by atoms with E-state index in [-0.39, 0.29) is 11.4 Å². The number of carbonyl (C=O) groups is 1. The first kappa shape index (κ1) is 21.3. The maximum absolute atomic E-state index is 13.1. The van der Waals surface area contributed by atoms with Crippen LogP contribution in [0.25, 0.3) is 0 Å². The first-order chi connectivity index (χ1) is 12.0. The molecule has 2 heterocycles. The van der Waals surface area contributed by atoms with E-state index in [4.69, 9.17) is 39.6 Å². The van der Waals surface area contributed by atoms with Crippen molar-refractivity contribution in [2.24, 2.45) is 7.05 Å². The molecule has 0 aliphatic heterocycles. The molecule has 0 N–H and O–H groups in total. The highest BCUT2D eigenvalue weighted by Gasteiger charge is 2.40. The Morgan fingerprint density at radius 1 is 1.38 bits per heavy atom. The number of thiophene rings is 1. The molecule has 0 saturated heterocycles. The van der Waals surface area contributed by atoms with Crippen LogP contribution in [0.2, 0.25) is 13.7 Å². The normalized spacial score (nSPS) is 13.1. The molecule has 1 unspecified atom stereocenters. The zero-order valence-corrected chi connectivity index (χ0v) is 16.8. The molecule has 0 bridgehead atoms. The van der Waals surface area contributed by atoms with Crippen LogP contribution in [0.5, 0.6) is 0 Å². The van der Waals surface area contributed by atoms with Crippen molar-refractivity contribution in [3.63, 3.8) is 0 Å². The molecule has 2 aromatic heterocycles. The average Bonchev–Trinajstić information content (AvgIpc) is 3.03. The minimum Gasteiger partial charge on any atom is -0.274 e. The zero-order valence-electron chi connectivity index (χ0n) is 13.7. The average molecular weight is 451 g/mol. The molecule has 1 atom stereocenters. The number of hydroxylamine groups is 2. The number of aromatic nitrogens is 2. The van der Waals surface area contributed by atoms with E-state index in [1.807, 2.05) is 0 Å². The molecule has 2 rings (SSSR count). The molecule has 0 aromatic carbocycles. The Labute approximate surface area is 166 Å². The highest BCUT2D eigenvalue weighted by Crippen LogP contribution is 2.41. The maximum Gasteiger partial charge on any atom is 0.435 e. The number of rotatable bonds is 5. The molecule has 0 aliphatic carbocycles. The Balaban J connectivity index is 2.32. The van der Waals surface area contributed by atoms with Crippen LogP contribution in [0.4, 0.5) is 13.2 Å². The molecule has 0 radical (unpaired) electrons. The number of hydrogen-bond donors (Lipinski definition) is 0. The number of alkyl halides is 3. The summed E-state index contributed by atoms with van der Waals surface area (Å²) in [6.07, 6.45) is -3.64. The lowest BCUT2D eigenvalue weighted by Crippen LogP contribution is -2.39. The highest BCUT2D eigenvalue weighted by atomic mass is 35.5. The smallest absolute Gasteiger partial charge is 0.274 e. The second-order valence-electron chi connectivity index (χ2n) is 5.37. The third-order valence-electron chi connectivity index (χ3n) is 3.48. The van der Waals surface area contributed by atoms with Crippen molar-refractivity contribution in [2.75, 3.05) is 7.11 Å². The van der Waals surface area contributed by atoms with Crippen LogP contribution in [0.3, 0.4) is 0 Å². The predicted octanol–water partition coefficient (Wildman–Crippen LogP) is 5.10. The summed E-state index contributed by atoms with van der Waals surface area (Å²) >= 11 is 19.1. The van der Waals surface area contributed by atoms with Gasteiger partial charge in [0.2, 0.25) is 0 Å². The molecule has 2 aromatic rings. The minimum atomic E-state index is -4.78.